The Morgan fingerprint density at radius 2 is 0.660 bits per heavy atom. The quantitative estimate of drug-likeness (QED) is 0.165. The molecule has 0 unspecified atom stereocenters. The molecule has 0 fully saturated rings. The van der Waals surface area contributed by atoms with Crippen LogP contribution in [0, 0.1) is 11.3 Å². The standard InChI is InChI=1S/C35H15F12N3/c36-32(37,38)17-4-8-21-22-9-5-18(33(39,40)41)13-29(22)49(28(21)12-17)26-2-1-3-27(25(26)16-48)50-30-14-19(34(42,43)44)6-10-23(30)24-11-7-20(15-31(24)50)35(45,46)47/h1-15H. The molecule has 2 aromatic heterocycles. The highest BCUT2D eigenvalue weighted by Gasteiger charge is 2.35. The lowest BCUT2D eigenvalue weighted by Gasteiger charge is -2.17. The number of benzene rings is 5. The van der Waals surface area contributed by atoms with Gasteiger partial charge in [-0.05, 0) is 60.7 Å². The van der Waals surface area contributed by atoms with Gasteiger partial charge in [0.2, 0.25) is 0 Å². The van der Waals surface area contributed by atoms with Crippen LogP contribution in [0.15, 0.2) is 91.0 Å². The minimum absolute atomic E-state index is 0.0810. The maximum absolute atomic E-state index is 13.9. The van der Waals surface area contributed by atoms with Gasteiger partial charge in [0, 0.05) is 21.5 Å². The fraction of sp³-hybridized carbons (Fsp3) is 0.114. The number of aromatic nitrogens is 2. The fourth-order valence-electron chi connectivity index (χ4n) is 6.28. The molecule has 254 valence electrons. The van der Waals surface area contributed by atoms with Crippen LogP contribution in [0.3, 0.4) is 0 Å². The summed E-state index contributed by atoms with van der Waals surface area (Å²) >= 11 is 0. The molecule has 0 aliphatic carbocycles. The van der Waals surface area contributed by atoms with Crippen molar-refractivity contribution in [3.8, 4) is 17.4 Å². The molecule has 0 atom stereocenters. The van der Waals surface area contributed by atoms with E-state index in [-0.39, 0.29) is 55.0 Å². The number of halogens is 12. The first-order valence-electron chi connectivity index (χ1n) is 14.3. The van der Waals surface area contributed by atoms with E-state index in [1.54, 1.807) is 0 Å². The summed E-state index contributed by atoms with van der Waals surface area (Å²) in [6.45, 7) is 0. The van der Waals surface area contributed by atoms with Gasteiger partial charge in [0.25, 0.3) is 0 Å². The van der Waals surface area contributed by atoms with Gasteiger partial charge in [-0.3, -0.25) is 0 Å². The number of hydrogen-bond acceptors (Lipinski definition) is 1. The Balaban J connectivity index is 1.63. The van der Waals surface area contributed by atoms with Crippen LogP contribution in [0.5, 0.6) is 0 Å². The fourth-order valence-corrected chi connectivity index (χ4v) is 6.28. The third-order valence-corrected chi connectivity index (χ3v) is 8.46. The smallest absolute Gasteiger partial charge is 0.308 e. The molecule has 50 heavy (non-hydrogen) atoms. The normalized spacial score (nSPS) is 13.2. The highest BCUT2D eigenvalue weighted by Crippen LogP contribution is 2.43. The van der Waals surface area contributed by atoms with Crippen molar-refractivity contribution in [3.05, 3.63) is 119 Å². The summed E-state index contributed by atoms with van der Waals surface area (Å²) in [6.07, 6.45) is -19.5. The van der Waals surface area contributed by atoms with Gasteiger partial charge in [0.1, 0.15) is 11.6 Å². The summed E-state index contributed by atoms with van der Waals surface area (Å²) in [5.74, 6) is 0. The number of hydrogen-bond donors (Lipinski definition) is 0. The molecule has 7 rings (SSSR count). The number of alkyl halides is 12. The zero-order valence-electron chi connectivity index (χ0n) is 24.5. The Bertz CT molecular complexity index is 2240. The highest BCUT2D eigenvalue weighted by atomic mass is 19.4. The molecule has 7 aromatic rings. The van der Waals surface area contributed by atoms with Crippen LogP contribution in [-0.2, 0) is 24.7 Å². The Labute approximate surface area is 271 Å². The average molecular weight is 706 g/mol. The third kappa shape index (κ3) is 5.17. The van der Waals surface area contributed by atoms with E-state index in [1.807, 2.05) is 6.07 Å². The molecule has 0 spiro atoms. The number of rotatable bonds is 2. The lowest BCUT2D eigenvalue weighted by molar-refractivity contribution is -0.138. The van der Waals surface area contributed by atoms with Gasteiger partial charge in [0.15, 0.2) is 0 Å². The lowest BCUT2D eigenvalue weighted by atomic mass is 10.1. The van der Waals surface area contributed by atoms with Gasteiger partial charge in [-0.25, -0.2) is 0 Å². The summed E-state index contributed by atoms with van der Waals surface area (Å²) in [5.41, 5.74) is -6.73. The average Bonchev–Trinajstić information content (AvgIpc) is 3.53. The van der Waals surface area contributed by atoms with Crippen LogP contribution in [0.25, 0.3) is 55.0 Å². The Hall–Kier alpha value is -5.65. The van der Waals surface area contributed by atoms with Crippen LogP contribution in [-0.4, -0.2) is 9.13 Å². The van der Waals surface area contributed by atoms with Crippen molar-refractivity contribution in [2.45, 2.75) is 24.7 Å². The maximum atomic E-state index is 13.9. The van der Waals surface area contributed by atoms with Gasteiger partial charge < -0.3 is 9.13 Å². The molecule has 0 aliphatic rings. The van der Waals surface area contributed by atoms with Gasteiger partial charge in [-0.15, -0.1) is 0 Å². The van der Waals surface area contributed by atoms with E-state index in [1.165, 1.54) is 18.2 Å². The number of nitriles is 1. The van der Waals surface area contributed by atoms with E-state index < -0.39 is 52.5 Å². The van der Waals surface area contributed by atoms with E-state index in [0.717, 1.165) is 57.7 Å². The Morgan fingerprint density at radius 1 is 0.400 bits per heavy atom. The number of nitrogens with zero attached hydrogens (tertiary/aromatic N) is 3. The van der Waals surface area contributed by atoms with Crippen molar-refractivity contribution in [2.75, 3.05) is 0 Å². The second kappa shape index (κ2) is 10.7. The molecule has 2 heterocycles. The molecule has 0 aliphatic heterocycles. The predicted molar refractivity (Wildman–Crippen MR) is 160 cm³/mol. The van der Waals surface area contributed by atoms with Crippen molar-refractivity contribution in [1.29, 1.82) is 5.26 Å². The highest BCUT2D eigenvalue weighted by molar-refractivity contribution is 6.11. The molecule has 0 saturated carbocycles. The first kappa shape index (κ1) is 32.9. The first-order chi connectivity index (χ1) is 23.3. The molecule has 0 radical (unpaired) electrons. The SMILES string of the molecule is N#Cc1c(-n2c3cc(C(F)(F)F)ccc3c3ccc(C(F)(F)F)cc32)cccc1-n1c2cc(C(F)(F)F)ccc2c2ccc(C(F)(F)F)cc21. The van der Waals surface area contributed by atoms with Crippen molar-refractivity contribution in [3.63, 3.8) is 0 Å². The van der Waals surface area contributed by atoms with Gasteiger partial charge >= 0.3 is 24.7 Å². The zero-order valence-corrected chi connectivity index (χ0v) is 24.5. The third-order valence-electron chi connectivity index (χ3n) is 8.46. The summed E-state index contributed by atoms with van der Waals surface area (Å²) in [4.78, 5) is 0. The second-order valence-electron chi connectivity index (χ2n) is 11.4. The molecule has 3 nitrogen and oxygen atoms in total. The van der Waals surface area contributed by atoms with Gasteiger partial charge in [-0.1, -0.05) is 30.3 Å². The summed E-state index contributed by atoms with van der Waals surface area (Å²) in [5, 5.41) is 10.8. The first-order valence-corrected chi connectivity index (χ1v) is 14.3. The topological polar surface area (TPSA) is 33.6 Å². The Morgan fingerprint density at radius 3 is 0.880 bits per heavy atom. The van der Waals surface area contributed by atoms with E-state index >= 15 is 0 Å². The predicted octanol–water partition coefficient (Wildman–Crippen LogP) is 11.8. The van der Waals surface area contributed by atoms with E-state index in [4.69, 9.17) is 0 Å². The summed E-state index contributed by atoms with van der Waals surface area (Å²) in [7, 11) is 0. The molecule has 0 bridgehead atoms. The molecule has 5 aromatic carbocycles. The molecule has 15 heteroatoms. The minimum Gasteiger partial charge on any atom is -0.308 e. The van der Waals surface area contributed by atoms with Crippen molar-refractivity contribution >= 4 is 43.6 Å². The molecular formula is C35H15F12N3. The van der Waals surface area contributed by atoms with Gasteiger partial charge in [-0.2, -0.15) is 57.9 Å². The lowest BCUT2D eigenvalue weighted by Crippen LogP contribution is -2.08. The second-order valence-corrected chi connectivity index (χ2v) is 11.4. The van der Waals surface area contributed by atoms with E-state index in [9.17, 15) is 57.9 Å². The minimum atomic E-state index is -4.89. The Kier molecular flexibility index (Phi) is 7.02. The monoisotopic (exact) mass is 705 g/mol. The van der Waals surface area contributed by atoms with Crippen molar-refractivity contribution in [1.82, 2.24) is 9.13 Å². The van der Waals surface area contributed by atoms with E-state index in [0.29, 0.717) is 24.3 Å². The van der Waals surface area contributed by atoms with Crippen molar-refractivity contribution < 1.29 is 52.7 Å². The molecular weight excluding hydrogens is 690 g/mol. The molecule has 0 amide bonds. The van der Waals surface area contributed by atoms with Gasteiger partial charge in [0.05, 0.1) is 55.7 Å². The van der Waals surface area contributed by atoms with Crippen LogP contribution < -0.4 is 0 Å². The summed E-state index contributed by atoms with van der Waals surface area (Å²) in [6, 6.07) is 15.4. The van der Waals surface area contributed by atoms with Crippen LogP contribution in [0.4, 0.5) is 52.7 Å². The maximum Gasteiger partial charge on any atom is 0.416 e. The molecule has 0 N–H and O–H groups in total. The van der Waals surface area contributed by atoms with Crippen LogP contribution in [0.1, 0.15) is 27.8 Å². The van der Waals surface area contributed by atoms with Crippen molar-refractivity contribution in [2.24, 2.45) is 0 Å². The largest absolute Gasteiger partial charge is 0.416 e. The molecule has 0 saturated heterocycles. The van der Waals surface area contributed by atoms with Crippen LogP contribution >= 0.6 is 0 Å². The number of fused-ring (bicyclic) bond motifs is 6. The van der Waals surface area contributed by atoms with E-state index in [2.05, 4.69) is 0 Å². The summed E-state index contributed by atoms with van der Waals surface area (Å²) < 4.78 is 169. The van der Waals surface area contributed by atoms with Crippen LogP contribution in [0.2, 0.25) is 0 Å². The zero-order chi connectivity index (χ0) is 36.1.